The number of benzene rings is 2. The van der Waals surface area contributed by atoms with Gasteiger partial charge in [-0.05, 0) is 71.3 Å². The Hall–Kier alpha value is -2.68. The first-order valence-corrected chi connectivity index (χ1v) is 11.5. The lowest BCUT2D eigenvalue weighted by Gasteiger charge is -2.20. The second-order valence-corrected chi connectivity index (χ2v) is 9.61. The number of aromatic nitrogens is 5. The average Bonchev–Trinajstić information content (AvgIpc) is 3.42. The molecule has 2 aromatic heterocycles. The SMILES string of the molecule is Cc1ccc(-c2nnc(C(C)Sc3nnc(C(C)N(C)C)n3-c3ccc(Cl)cc3)o2)cc1. The summed E-state index contributed by atoms with van der Waals surface area (Å²) in [6.45, 7) is 6.16. The molecule has 0 aliphatic rings. The first-order valence-electron chi connectivity index (χ1n) is 10.3. The molecule has 0 aliphatic carbocycles. The highest BCUT2D eigenvalue weighted by Gasteiger charge is 2.24. The van der Waals surface area contributed by atoms with E-state index in [0.29, 0.717) is 16.8 Å². The van der Waals surface area contributed by atoms with Crippen molar-refractivity contribution in [1.82, 2.24) is 29.9 Å². The van der Waals surface area contributed by atoms with Crippen molar-refractivity contribution in [2.24, 2.45) is 0 Å². The number of halogens is 1. The molecule has 32 heavy (non-hydrogen) atoms. The molecular weight excluding hydrogens is 444 g/mol. The molecule has 4 rings (SSSR count). The van der Waals surface area contributed by atoms with Crippen LogP contribution in [-0.4, -0.2) is 44.0 Å². The van der Waals surface area contributed by atoms with Crippen molar-refractivity contribution in [1.29, 1.82) is 0 Å². The lowest BCUT2D eigenvalue weighted by Crippen LogP contribution is -2.20. The van der Waals surface area contributed by atoms with Gasteiger partial charge in [0.05, 0.1) is 11.3 Å². The minimum atomic E-state index is -0.112. The fraction of sp³-hybridized carbons (Fsp3) is 0.304. The molecular formula is C23H25ClN6OS. The Bertz CT molecular complexity index is 1190. The Kier molecular flexibility index (Phi) is 6.64. The summed E-state index contributed by atoms with van der Waals surface area (Å²) in [5.41, 5.74) is 3.03. The first-order chi connectivity index (χ1) is 15.3. The van der Waals surface area contributed by atoms with E-state index in [4.69, 9.17) is 16.0 Å². The van der Waals surface area contributed by atoms with Crippen LogP contribution in [0.2, 0.25) is 5.02 Å². The van der Waals surface area contributed by atoms with Crippen molar-refractivity contribution in [2.45, 2.75) is 37.2 Å². The molecule has 9 heteroatoms. The number of nitrogens with zero attached hydrogens (tertiary/aromatic N) is 6. The van der Waals surface area contributed by atoms with Crippen LogP contribution in [0.4, 0.5) is 0 Å². The molecule has 0 bridgehead atoms. The summed E-state index contributed by atoms with van der Waals surface area (Å²) in [7, 11) is 4.04. The highest BCUT2D eigenvalue weighted by Crippen LogP contribution is 2.37. The van der Waals surface area contributed by atoms with Crippen molar-refractivity contribution in [3.05, 3.63) is 70.8 Å². The van der Waals surface area contributed by atoms with Gasteiger partial charge in [0.25, 0.3) is 0 Å². The standard InChI is InChI=1S/C23H25ClN6OS/c1-14-6-8-17(9-7-14)22-27-26-21(31-22)16(3)32-23-28-25-20(15(2)29(4)5)30(23)19-12-10-18(24)11-13-19/h6-13,15-16H,1-5H3. The van der Waals surface area contributed by atoms with Crippen LogP contribution < -0.4 is 0 Å². The Morgan fingerprint density at radius 3 is 2.28 bits per heavy atom. The number of thioether (sulfide) groups is 1. The van der Waals surface area contributed by atoms with Crippen LogP contribution in [0.5, 0.6) is 0 Å². The van der Waals surface area contributed by atoms with Gasteiger partial charge < -0.3 is 4.42 Å². The van der Waals surface area contributed by atoms with Crippen LogP contribution in [0, 0.1) is 6.92 Å². The van der Waals surface area contributed by atoms with E-state index >= 15 is 0 Å². The van der Waals surface area contributed by atoms with E-state index in [1.54, 1.807) is 0 Å². The van der Waals surface area contributed by atoms with Gasteiger partial charge in [-0.1, -0.05) is 41.1 Å². The smallest absolute Gasteiger partial charge is 0.247 e. The maximum Gasteiger partial charge on any atom is 0.247 e. The van der Waals surface area contributed by atoms with Gasteiger partial charge in [0.15, 0.2) is 11.0 Å². The van der Waals surface area contributed by atoms with Gasteiger partial charge in [-0.3, -0.25) is 9.47 Å². The molecule has 0 radical (unpaired) electrons. The summed E-state index contributed by atoms with van der Waals surface area (Å²) in [6.07, 6.45) is 0. The van der Waals surface area contributed by atoms with E-state index in [2.05, 4.69) is 36.8 Å². The Labute approximate surface area is 196 Å². The fourth-order valence-corrected chi connectivity index (χ4v) is 4.14. The van der Waals surface area contributed by atoms with E-state index in [1.807, 2.05) is 76.5 Å². The van der Waals surface area contributed by atoms with E-state index in [1.165, 1.54) is 17.3 Å². The zero-order valence-corrected chi connectivity index (χ0v) is 20.2. The van der Waals surface area contributed by atoms with Crippen LogP contribution in [0.25, 0.3) is 17.1 Å². The predicted octanol–water partition coefficient (Wildman–Crippen LogP) is 5.76. The number of rotatable bonds is 7. The van der Waals surface area contributed by atoms with Gasteiger partial charge >= 0.3 is 0 Å². The molecule has 2 atom stereocenters. The third kappa shape index (κ3) is 4.72. The van der Waals surface area contributed by atoms with Crippen LogP contribution >= 0.6 is 23.4 Å². The van der Waals surface area contributed by atoms with Gasteiger partial charge in [0.2, 0.25) is 11.8 Å². The average molecular weight is 469 g/mol. The van der Waals surface area contributed by atoms with Gasteiger partial charge in [-0.25, -0.2) is 0 Å². The van der Waals surface area contributed by atoms with E-state index < -0.39 is 0 Å². The number of hydrogen-bond donors (Lipinski definition) is 0. The summed E-state index contributed by atoms with van der Waals surface area (Å²) < 4.78 is 8.03. The molecule has 0 N–H and O–H groups in total. The molecule has 4 aromatic rings. The summed E-state index contributed by atoms with van der Waals surface area (Å²) >= 11 is 7.63. The maximum atomic E-state index is 6.11. The summed E-state index contributed by atoms with van der Waals surface area (Å²) in [5.74, 6) is 1.89. The van der Waals surface area contributed by atoms with Gasteiger partial charge in [0, 0.05) is 16.3 Å². The van der Waals surface area contributed by atoms with Crippen LogP contribution in [0.3, 0.4) is 0 Å². The van der Waals surface area contributed by atoms with Crippen molar-refractivity contribution < 1.29 is 4.42 Å². The molecule has 0 spiro atoms. The predicted molar refractivity (Wildman–Crippen MR) is 127 cm³/mol. The van der Waals surface area contributed by atoms with Crippen LogP contribution in [0.1, 0.15) is 42.4 Å². The van der Waals surface area contributed by atoms with Gasteiger partial charge in [0.1, 0.15) is 0 Å². The molecule has 0 fully saturated rings. The Morgan fingerprint density at radius 2 is 1.62 bits per heavy atom. The highest BCUT2D eigenvalue weighted by atomic mass is 35.5. The lowest BCUT2D eigenvalue weighted by molar-refractivity contribution is 0.305. The lowest BCUT2D eigenvalue weighted by atomic mass is 10.1. The van der Waals surface area contributed by atoms with Crippen molar-refractivity contribution in [2.75, 3.05) is 14.1 Å². The third-order valence-corrected chi connectivity index (χ3v) is 6.54. The van der Waals surface area contributed by atoms with Crippen LogP contribution in [-0.2, 0) is 0 Å². The second kappa shape index (κ2) is 9.44. The molecule has 166 valence electrons. The third-order valence-electron chi connectivity index (χ3n) is 5.26. The van der Waals surface area contributed by atoms with Gasteiger partial charge in [-0.15, -0.1) is 20.4 Å². The number of aryl methyl sites for hydroxylation is 1. The van der Waals surface area contributed by atoms with E-state index in [0.717, 1.165) is 22.2 Å². The normalized spacial score (nSPS) is 13.5. The molecule has 7 nitrogen and oxygen atoms in total. The molecule has 0 aliphatic heterocycles. The van der Waals surface area contributed by atoms with E-state index in [9.17, 15) is 0 Å². The Balaban J connectivity index is 1.64. The van der Waals surface area contributed by atoms with Gasteiger partial charge in [-0.2, -0.15) is 0 Å². The fourth-order valence-electron chi connectivity index (χ4n) is 3.11. The summed E-state index contributed by atoms with van der Waals surface area (Å²) in [6, 6.07) is 15.8. The van der Waals surface area contributed by atoms with E-state index in [-0.39, 0.29) is 11.3 Å². The maximum absolute atomic E-state index is 6.11. The zero-order chi connectivity index (χ0) is 22.8. The molecule has 2 aromatic carbocycles. The van der Waals surface area contributed by atoms with Crippen molar-refractivity contribution >= 4 is 23.4 Å². The van der Waals surface area contributed by atoms with Crippen molar-refractivity contribution in [3.8, 4) is 17.1 Å². The highest BCUT2D eigenvalue weighted by molar-refractivity contribution is 7.99. The molecule has 0 saturated carbocycles. The first kappa shape index (κ1) is 22.5. The number of hydrogen-bond acceptors (Lipinski definition) is 7. The molecule has 0 saturated heterocycles. The molecule has 2 heterocycles. The topological polar surface area (TPSA) is 72.9 Å². The summed E-state index contributed by atoms with van der Waals surface area (Å²) in [4.78, 5) is 2.10. The second-order valence-electron chi connectivity index (χ2n) is 7.86. The van der Waals surface area contributed by atoms with Crippen molar-refractivity contribution in [3.63, 3.8) is 0 Å². The minimum Gasteiger partial charge on any atom is -0.419 e. The molecule has 2 unspecified atom stereocenters. The molecule has 0 amide bonds. The monoisotopic (exact) mass is 468 g/mol. The largest absolute Gasteiger partial charge is 0.419 e. The minimum absolute atomic E-state index is 0.0689. The summed E-state index contributed by atoms with van der Waals surface area (Å²) in [5, 5.41) is 18.8. The van der Waals surface area contributed by atoms with Crippen LogP contribution in [0.15, 0.2) is 58.1 Å². The zero-order valence-electron chi connectivity index (χ0n) is 18.7. The Morgan fingerprint density at radius 1 is 0.938 bits per heavy atom. The quantitative estimate of drug-likeness (QED) is 0.319.